The van der Waals surface area contributed by atoms with Crippen LogP contribution in [0.15, 0.2) is 42.5 Å². The number of anilines is 1. The number of amides is 1. The molecule has 2 aromatic carbocycles. The minimum absolute atomic E-state index is 0.323. The second kappa shape index (κ2) is 5.97. The summed E-state index contributed by atoms with van der Waals surface area (Å²) in [4.78, 5) is 17.0. The van der Waals surface area contributed by atoms with Crippen LogP contribution in [-0.4, -0.2) is 10.9 Å². The molecule has 1 aromatic heterocycles. The van der Waals surface area contributed by atoms with Crippen molar-refractivity contribution in [1.29, 1.82) is 0 Å². The second-order valence-electron chi connectivity index (χ2n) is 5.34. The molecule has 0 bridgehead atoms. The Morgan fingerprint density at radius 2 is 1.96 bits per heavy atom. The van der Waals surface area contributed by atoms with Gasteiger partial charge in [0.05, 0.1) is 11.1 Å². The van der Waals surface area contributed by atoms with Gasteiger partial charge in [-0.2, -0.15) is 0 Å². The average Bonchev–Trinajstić information content (AvgIpc) is 2.51. The molecule has 0 fully saturated rings. The maximum atomic E-state index is 13.5. The topological polar surface area (TPSA) is 42.0 Å². The van der Waals surface area contributed by atoms with Crippen LogP contribution in [0, 0.1) is 19.7 Å². The molecule has 0 aliphatic heterocycles. The van der Waals surface area contributed by atoms with Crippen LogP contribution >= 0.6 is 11.6 Å². The van der Waals surface area contributed by atoms with E-state index in [0.29, 0.717) is 32.9 Å². The first-order valence-corrected chi connectivity index (χ1v) is 7.47. The molecule has 0 saturated carbocycles. The molecular weight excluding hydrogens is 315 g/mol. The third-order valence-electron chi connectivity index (χ3n) is 3.66. The number of rotatable bonds is 2. The van der Waals surface area contributed by atoms with Crippen LogP contribution in [-0.2, 0) is 0 Å². The summed E-state index contributed by atoms with van der Waals surface area (Å²) in [5, 5.41) is 3.89. The molecule has 5 heteroatoms. The maximum absolute atomic E-state index is 13.5. The molecule has 0 unspecified atom stereocenters. The lowest BCUT2D eigenvalue weighted by atomic mass is 10.1. The summed E-state index contributed by atoms with van der Waals surface area (Å²) < 4.78 is 13.5. The highest BCUT2D eigenvalue weighted by Gasteiger charge is 2.14. The van der Waals surface area contributed by atoms with Gasteiger partial charge in [-0.3, -0.25) is 9.78 Å². The van der Waals surface area contributed by atoms with E-state index in [9.17, 15) is 9.18 Å². The number of pyridine rings is 1. The van der Waals surface area contributed by atoms with Gasteiger partial charge in [0.1, 0.15) is 5.82 Å². The van der Waals surface area contributed by atoms with Crippen LogP contribution < -0.4 is 5.32 Å². The quantitative estimate of drug-likeness (QED) is 0.727. The molecule has 3 rings (SSSR count). The van der Waals surface area contributed by atoms with Gasteiger partial charge in [0, 0.05) is 21.8 Å². The predicted molar refractivity (Wildman–Crippen MR) is 90.6 cm³/mol. The molecule has 3 nitrogen and oxygen atoms in total. The first-order valence-electron chi connectivity index (χ1n) is 7.09. The van der Waals surface area contributed by atoms with Crippen molar-refractivity contribution >= 4 is 34.1 Å². The number of aromatic nitrogens is 1. The second-order valence-corrected chi connectivity index (χ2v) is 5.75. The molecule has 116 valence electrons. The fourth-order valence-corrected chi connectivity index (χ4v) is 2.63. The van der Waals surface area contributed by atoms with Gasteiger partial charge in [-0.25, -0.2) is 4.39 Å². The van der Waals surface area contributed by atoms with Crippen molar-refractivity contribution in [1.82, 2.24) is 4.98 Å². The number of benzene rings is 2. The SMILES string of the molecule is Cc1cc(C(=O)Nc2cccc(Cl)c2C)c2cc(F)ccc2n1. The van der Waals surface area contributed by atoms with E-state index in [0.717, 1.165) is 5.56 Å². The van der Waals surface area contributed by atoms with E-state index in [1.165, 1.54) is 12.1 Å². The summed E-state index contributed by atoms with van der Waals surface area (Å²) in [7, 11) is 0. The summed E-state index contributed by atoms with van der Waals surface area (Å²) in [6.45, 7) is 3.62. The predicted octanol–water partition coefficient (Wildman–Crippen LogP) is 4.90. The smallest absolute Gasteiger partial charge is 0.256 e. The molecule has 0 saturated heterocycles. The van der Waals surface area contributed by atoms with E-state index in [1.807, 2.05) is 6.92 Å². The zero-order chi connectivity index (χ0) is 16.6. The van der Waals surface area contributed by atoms with Crippen LogP contribution in [0.1, 0.15) is 21.6 Å². The van der Waals surface area contributed by atoms with Gasteiger partial charge >= 0.3 is 0 Å². The number of halogens is 2. The van der Waals surface area contributed by atoms with Crippen molar-refractivity contribution in [2.45, 2.75) is 13.8 Å². The lowest BCUT2D eigenvalue weighted by molar-refractivity contribution is 0.102. The van der Waals surface area contributed by atoms with Gasteiger partial charge in [-0.05, 0) is 55.8 Å². The van der Waals surface area contributed by atoms with E-state index in [2.05, 4.69) is 10.3 Å². The van der Waals surface area contributed by atoms with Gasteiger partial charge in [0.15, 0.2) is 0 Å². The average molecular weight is 329 g/mol. The molecule has 0 radical (unpaired) electrons. The Labute approximate surface area is 138 Å². The van der Waals surface area contributed by atoms with Crippen molar-refractivity contribution in [2.24, 2.45) is 0 Å². The summed E-state index contributed by atoms with van der Waals surface area (Å²) >= 11 is 6.07. The molecule has 23 heavy (non-hydrogen) atoms. The van der Waals surface area contributed by atoms with E-state index in [-0.39, 0.29) is 5.91 Å². The third kappa shape index (κ3) is 3.03. The van der Waals surface area contributed by atoms with E-state index < -0.39 is 5.82 Å². The fourth-order valence-electron chi connectivity index (χ4n) is 2.45. The summed E-state index contributed by atoms with van der Waals surface area (Å²) in [5.41, 5.74) is 3.06. The van der Waals surface area contributed by atoms with Crippen LogP contribution in [0.5, 0.6) is 0 Å². The van der Waals surface area contributed by atoms with Gasteiger partial charge in [0.25, 0.3) is 5.91 Å². The molecule has 0 aliphatic rings. The Morgan fingerprint density at radius 1 is 1.17 bits per heavy atom. The summed E-state index contributed by atoms with van der Waals surface area (Å²) in [5.74, 6) is -0.729. The zero-order valence-corrected chi connectivity index (χ0v) is 13.4. The molecule has 0 aliphatic carbocycles. The standard InChI is InChI=1S/C18H14ClFN2O/c1-10-8-14(13-9-12(20)6-7-17(13)21-10)18(23)22-16-5-3-4-15(19)11(16)2/h3-9H,1-2H3,(H,22,23). The van der Waals surface area contributed by atoms with Crippen LogP contribution in [0.4, 0.5) is 10.1 Å². The van der Waals surface area contributed by atoms with Crippen molar-refractivity contribution in [3.05, 3.63) is 70.1 Å². The van der Waals surface area contributed by atoms with Crippen LogP contribution in [0.2, 0.25) is 5.02 Å². The third-order valence-corrected chi connectivity index (χ3v) is 4.07. The summed E-state index contributed by atoms with van der Waals surface area (Å²) in [6, 6.07) is 11.2. The number of hydrogen-bond donors (Lipinski definition) is 1. The number of carbonyl (C=O) groups excluding carboxylic acids is 1. The van der Waals surface area contributed by atoms with Gasteiger partial charge in [-0.1, -0.05) is 17.7 Å². The number of carbonyl (C=O) groups is 1. The summed E-state index contributed by atoms with van der Waals surface area (Å²) in [6.07, 6.45) is 0. The Kier molecular flexibility index (Phi) is 4.01. The highest BCUT2D eigenvalue weighted by atomic mass is 35.5. The number of fused-ring (bicyclic) bond motifs is 1. The maximum Gasteiger partial charge on any atom is 0.256 e. The number of nitrogens with zero attached hydrogens (tertiary/aromatic N) is 1. The van der Waals surface area contributed by atoms with Gasteiger partial charge in [-0.15, -0.1) is 0 Å². The number of aryl methyl sites for hydroxylation is 1. The largest absolute Gasteiger partial charge is 0.322 e. The fraction of sp³-hybridized carbons (Fsp3) is 0.111. The van der Waals surface area contributed by atoms with E-state index in [1.54, 1.807) is 37.3 Å². The highest BCUT2D eigenvalue weighted by Crippen LogP contribution is 2.25. The molecule has 1 amide bonds. The Hall–Kier alpha value is -2.46. The molecule has 0 spiro atoms. The lowest BCUT2D eigenvalue weighted by Gasteiger charge is -2.11. The Morgan fingerprint density at radius 3 is 2.74 bits per heavy atom. The molecule has 3 aromatic rings. The van der Waals surface area contributed by atoms with E-state index in [4.69, 9.17) is 11.6 Å². The first kappa shape index (κ1) is 15.4. The first-order chi connectivity index (χ1) is 11.0. The minimum Gasteiger partial charge on any atom is -0.322 e. The van der Waals surface area contributed by atoms with Crippen molar-refractivity contribution < 1.29 is 9.18 Å². The Bertz CT molecular complexity index is 924. The van der Waals surface area contributed by atoms with Gasteiger partial charge in [0.2, 0.25) is 0 Å². The lowest BCUT2D eigenvalue weighted by Crippen LogP contribution is -2.14. The molecule has 1 N–H and O–H groups in total. The normalized spacial score (nSPS) is 10.8. The Balaban J connectivity index is 2.07. The monoisotopic (exact) mass is 328 g/mol. The molecule has 0 atom stereocenters. The highest BCUT2D eigenvalue weighted by molar-refractivity contribution is 6.31. The van der Waals surface area contributed by atoms with Crippen LogP contribution in [0.3, 0.4) is 0 Å². The molecular formula is C18H14ClFN2O. The van der Waals surface area contributed by atoms with E-state index >= 15 is 0 Å². The van der Waals surface area contributed by atoms with Crippen LogP contribution in [0.25, 0.3) is 10.9 Å². The van der Waals surface area contributed by atoms with Gasteiger partial charge < -0.3 is 5.32 Å². The van der Waals surface area contributed by atoms with Crippen molar-refractivity contribution in [3.8, 4) is 0 Å². The number of nitrogens with one attached hydrogen (secondary N) is 1. The van der Waals surface area contributed by atoms with Crippen molar-refractivity contribution in [3.63, 3.8) is 0 Å². The van der Waals surface area contributed by atoms with Crippen molar-refractivity contribution in [2.75, 3.05) is 5.32 Å². The zero-order valence-electron chi connectivity index (χ0n) is 12.7. The molecule has 1 heterocycles. The minimum atomic E-state index is -0.406. The number of hydrogen-bond acceptors (Lipinski definition) is 2.